The minimum atomic E-state index is -0.279. The van der Waals surface area contributed by atoms with Gasteiger partial charge in [0.05, 0.1) is 5.69 Å². The van der Waals surface area contributed by atoms with Crippen LogP contribution in [0.2, 0.25) is 0 Å². The molecule has 0 spiro atoms. The van der Waals surface area contributed by atoms with Gasteiger partial charge in [-0.15, -0.1) is 0 Å². The summed E-state index contributed by atoms with van der Waals surface area (Å²) >= 11 is 0. The number of carbonyl (C=O) groups is 1. The molecule has 0 bridgehead atoms. The van der Waals surface area contributed by atoms with Crippen LogP contribution in [0.5, 0.6) is 0 Å². The first-order valence-corrected chi connectivity index (χ1v) is 7.78. The first-order chi connectivity index (χ1) is 11.6. The average molecular weight is 326 g/mol. The Morgan fingerprint density at radius 2 is 2.04 bits per heavy atom. The Morgan fingerprint density at radius 3 is 2.79 bits per heavy atom. The van der Waals surface area contributed by atoms with Gasteiger partial charge in [-0.25, -0.2) is 14.2 Å². The lowest BCUT2D eigenvalue weighted by atomic mass is 10.2. The lowest BCUT2D eigenvalue weighted by Gasteiger charge is -2.17. The molecule has 1 N–H and O–H groups in total. The number of carbonyl (C=O) groups excluding carboxylic acids is 1. The standard InChI is InChI=1S/C18H19FN4O/c1-22(12-14-5-7-15(19)8-6-14)18(24)20-10-9-16-13-23-11-3-2-4-17(23)21-16/h2-8,11,13H,9-10,12H2,1H3,(H,20,24). The number of imidazole rings is 1. The fourth-order valence-electron chi connectivity index (χ4n) is 2.48. The fourth-order valence-corrected chi connectivity index (χ4v) is 2.48. The maximum Gasteiger partial charge on any atom is 0.317 e. The third-order valence-corrected chi connectivity index (χ3v) is 3.75. The van der Waals surface area contributed by atoms with E-state index in [9.17, 15) is 9.18 Å². The van der Waals surface area contributed by atoms with Crippen LogP contribution in [-0.4, -0.2) is 33.9 Å². The Kier molecular flexibility index (Phi) is 4.74. The maximum absolute atomic E-state index is 12.9. The number of urea groups is 1. The van der Waals surface area contributed by atoms with Crippen molar-refractivity contribution in [3.05, 3.63) is 71.9 Å². The quantitative estimate of drug-likeness (QED) is 0.784. The molecule has 0 radical (unpaired) electrons. The van der Waals surface area contributed by atoms with Crippen LogP contribution in [0.25, 0.3) is 5.65 Å². The zero-order chi connectivity index (χ0) is 16.9. The van der Waals surface area contributed by atoms with E-state index in [4.69, 9.17) is 0 Å². The smallest absolute Gasteiger partial charge is 0.317 e. The van der Waals surface area contributed by atoms with Gasteiger partial charge in [0.2, 0.25) is 0 Å². The van der Waals surface area contributed by atoms with E-state index in [0.717, 1.165) is 16.9 Å². The molecule has 124 valence electrons. The van der Waals surface area contributed by atoms with Gasteiger partial charge >= 0.3 is 6.03 Å². The van der Waals surface area contributed by atoms with Gasteiger partial charge in [-0.1, -0.05) is 18.2 Å². The Labute approximate surface area is 139 Å². The van der Waals surface area contributed by atoms with Gasteiger partial charge in [0, 0.05) is 39.0 Å². The van der Waals surface area contributed by atoms with Crippen LogP contribution in [0, 0.1) is 5.82 Å². The predicted octanol–water partition coefficient (Wildman–Crippen LogP) is 2.86. The summed E-state index contributed by atoms with van der Waals surface area (Å²) in [5.41, 5.74) is 2.71. The lowest BCUT2D eigenvalue weighted by molar-refractivity contribution is 0.207. The van der Waals surface area contributed by atoms with E-state index in [1.54, 1.807) is 24.1 Å². The molecule has 2 amide bonds. The van der Waals surface area contributed by atoms with Crippen molar-refractivity contribution in [3.8, 4) is 0 Å². The molecule has 0 atom stereocenters. The second-order valence-electron chi connectivity index (χ2n) is 5.66. The number of nitrogens with zero attached hydrogens (tertiary/aromatic N) is 3. The average Bonchev–Trinajstić information content (AvgIpc) is 2.99. The third kappa shape index (κ3) is 3.90. The zero-order valence-corrected chi connectivity index (χ0v) is 13.4. The summed E-state index contributed by atoms with van der Waals surface area (Å²) in [7, 11) is 1.71. The second-order valence-corrected chi connectivity index (χ2v) is 5.66. The Balaban J connectivity index is 1.48. The molecule has 0 fully saturated rings. The second kappa shape index (κ2) is 7.12. The molecule has 0 unspecified atom stereocenters. The predicted molar refractivity (Wildman–Crippen MR) is 90.2 cm³/mol. The molecule has 1 aromatic carbocycles. The van der Waals surface area contributed by atoms with Crippen molar-refractivity contribution in [1.82, 2.24) is 19.6 Å². The monoisotopic (exact) mass is 326 g/mol. The van der Waals surface area contributed by atoms with Crippen LogP contribution in [0.4, 0.5) is 9.18 Å². The van der Waals surface area contributed by atoms with Gasteiger partial charge in [-0.3, -0.25) is 0 Å². The van der Waals surface area contributed by atoms with E-state index in [1.165, 1.54) is 12.1 Å². The summed E-state index contributed by atoms with van der Waals surface area (Å²) in [5, 5.41) is 2.87. The van der Waals surface area contributed by atoms with Crippen LogP contribution >= 0.6 is 0 Å². The summed E-state index contributed by atoms with van der Waals surface area (Å²) in [6.07, 6.45) is 4.57. The number of hydrogen-bond donors (Lipinski definition) is 1. The number of fused-ring (bicyclic) bond motifs is 1. The van der Waals surface area contributed by atoms with Crippen molar-refractivity contribution < 1.29 is 9.18 Å². The van der Waals surface area contributed by atoms with Crippen molar-refractivity contribution in [2.24, 2.45) is 0 Å². The normalized spacial score (nSPS) is 10.8. The number of hydrogen-bond acceptors (Lipinski definition) is 2. The van der Waals surface area contributed by atoms with E-state index < -0.39 is 0 Å². The van der Waals surface area contributed by atoms with Crippen LogP contribution < -0.4 is 5.32 Å². The molecule has 3 aromatic rings. The topological polar surface area (TPSA) is 49.6 Å². The largest absolute Gasteiger partial charge is 0.338 e. The van der Waals surface area contributed by atoms with Crippen molar-refractivity contribution in [2.45, 2.75) is 13.0 Å². The summed E-state index contributed by atoms with van der Waals surface area (Å²) in [4.78, 5) is 18.2. The Bertz CT molecular complexity index is 795. The minimum Gasteiger partial charge on any atom is -0.338 e. The van der Waals surface area contributed by atoms with Crippen molar-refractivity contribution >= 4 is 11.7 Å². The Morgan fingerprint density at radius 1 is 1.25 bits per heavy atom. The van der Waals surface area contributed by atoms with Crippen LogP contribution in [0.1, 0.15) is 11.3 Å². The summed E-state index contributed by atoms with van der Waals surface area (Å²) in [5.74, 6) is -0.279. The molecule has 0 saturated carbocycles. The van der Waals surface area contributed by atoms with Gasteiger partial charge in [0.1, 0.15) is 11.5 Å². The summed E-state index contributed by atoms with van der Waals surface area (Å²) in [6, 6.07) is 11.8. The van der Waals surface area contributed by atoms with Crippen LogP contribution in [0.15, 0.2) is 54.9 Å². The fraction of sp³-hybridized carbons (Fsp3) is 0.222. The number of rotatable bonds is 5. The van der Waals surface area contributed by atoms with E-state index in [-0.39, 0.29) is 11.8 Å². The van der Waals surface area contributed by atoms with E-state index in [1.807, 2.05) is 35.0 Å². The minimum absolute atomic E-state index is 0.164. The van der Waals surface area contributed by atoms with E-state index >= 15 is 0 Å². The number of amides is 2. The molecule has 5 nitrogen and oxygen atoms in total. The number of aromatic nitrogens is 2. The van der Waals surface area contributed by atoms with Crippen molar-refractivity contribution in [1.29, 1.82) is 0 Å². The highest BCUT2D eigenvalue weighted by atomic mass is 19.1. The van der Waals surface area contributed by atoms with Crippen molar-refractivity contribution in [3.63, 3.8) is 0 Å². The highest BCUT2D eigenvalue weighted by Crippen LogP contribution is 2.06. The first kappa shape index (κ1) is 16.0. The molecular formula is C18H19FN4O. The van der Waals surface area contributed by atoms with E-state index in [2.05, 4.69) is 10.3 Å². The molecule has 24 heavy (non-hydrogen) atoms. The zero-order valence-electron chi connectivity index (χ0n) is 13.4. The third-order valence-electron chi connectivity index (χ3n) is 3.75. The lowest BCUT2D eigenvalue weighted by Crippen LogP contribution is -2.37. The molecule has 3 rings (SSSR count). The van der Waals surface area contributed by atoms with E-state index in [0.29, 0.717) is 19.5 Å². The van der Waals surface area contributed by atoms with Gasteiger partial charge < -0.3 is 14.6 Å². The molecule has 0 aliphatic rings. The molecule has 2 aromatic heterocycles. The number of nitrogens with one attached hydrogen (secondary N) is 1. The van der Waals surface area contributed by atoms with Crippen molar-refractivity contribution in [2.75, 3.05) is 13.6 Å². The van der Waals surface area contributed by atoms with Crippen LogP contribution in [-0.2, 0) is 13.0 Å². The number of halogens is 1. The SMILES string of the molecule is CN(Cc1ccc(F)cc1)C(=O)NCCc1cn2ccccc2n1. The molecule has 0 saturated heterocycles. The molecular weight excluding hydrogens is 307 g/mol. The van der Waals surface area contributed by atoms with Gasteiger partial charge in [0.15, 0.2) is 0 Å². The molecule has 6 heteroatoms. The number of pyridine rings is 1. The summed E-state index contributed by atoms with van der Waals surface area (Å²) in [6.45, 7) is 0.941. The number of benzene rings is 1. The highest BCUT2D eigenvalue weighted by molar-refractivity contribution is 5.73. The van der Waals surface area contributed by atoms with Crippen LogP contribution in [0.3, 0.4) is 0 Å². The molecule has 0 aliphatic heterocycles. The first-order valence-electron chi connectivity index (χ1n) is 7.78. The van der Waals surface area contributed by atoms with Gasteiger partial charge in [-0.05, 0) is 29.8 Å². The Hall–Kier alpha value is -2.89. The summed E-state index contributed by atoms with van der Waals surface area (Å²) < 4.78 is 14.8. The maximum atomic E-state index is 12.9. The molecule has 0 aliphatic carbocycles. The van der Waals surface area contributed by atoms with Gasteiger partial charge in [0.25, 0.3) is 0 Å². The molecule has 2 heterocycles. The van der Waals surface area contributed by atoms with Gasteiger partial charge in [-0.2, -0.15) is 0 Å². The highest BCUT2D eigenvalue weighted by Gasteiger charge is 2.09.